The van der Waals surface area contributed by atoms with Crippen molar-refractivity contribution in [2.24, 2.45) is 46.3 Å². The van der Waals surface area contributed by atoms with E-state index < -0.39 is 0 Å². The van der Waals surface area contributed by atoms with E-state index >= 15 is 0 Å². The highest BCUT2D eigenvalue weighted by molar-refractivity contribution is 7.10. The molecular weight excluding hydrogens is 344 g/mol. The predicted octanol–water partition coefficient (Wildman–Crippen LogP) is 7.01. The largest absolute Gasteiger partial charge is 0.148 e. The average Bonchev–Trinajstić information content (AvgIpc) is 3.36. The van der Waals surface area contributed by atoms with Gasteiger partial charge in [-0.05, 0) is 97.8 Å². The molecule has 9 unspecified atom stereocenters. The molecular formula is C26H32S. The zero-order valence-electron chi connectivity index (χ0n) is 17.2. The van der Waals surface area contributed by atoms with Crippen molar-refractivity contribution in [3.63, 3.8) is 0 Å². The van der Waals surface area contributed by atoms with Crippen LogP contribution in [0.4, 0.5) is 0 Å². The summed E-state index contributed by atoms with van der Waals surface area (Å²) >= 11 is 1.89. The van der Waals surface area contributed by atoms with Crippen LogP contribution in [0.25, 0.3) is 0 Å². The number of rotatable bonds is 6. The normalized spacial score (nSPS) is 50.1. The van der Waals surface area contributed by atoms with Gasteiger partial charge in [0.2, 0.25) is 0 Å². The van der Waals surface area contributed by atoms with Crippen molar-refractivity contribution < 1.29 is 0 Å². The van der Waals surface area contributed by atoms with E-state index in [2.05, 4.69) is 63.4 Å². The molecule has 1 aromatic rings. The summed E-state index contributed by atoms with van der Waals surface area (Å²) in [4.78, 5) is 1.46. The zero-order chi connectivity index (χ0) is 18.8. The average molecular weight is 377 g/mol. The van der Waals surface area contributed by atoms with E-state index in [4.69, 9.17) is 6.58 Å². The lowest BCUT2D eigenvalue weighted by Crippen LogP contribution is -2.77. The first kappa shape index (κ1) is 16.8. The van der Waals surface area contributed by atoms with Gasteiger partial charge < -0.3 is 0 Å². The van der Waals surface area contributed by atoms with Crippen molar-refractivity contribution in [3.05, 3.63) is 58.3 Å². The van der Waals surface area contributed by atoms with Crippen LogP contribution in [0.1, 0.15) is 51.8 Å². The molecule has 1 aromatic heterocycles. The second-order valence-electron chi connectivity index (χ2n) is 10.6. The highest BCUT2D eigenvalue weighted by atomic mass is 32.1. The summed E-state index contributed by atoms with van der Waals surface area (Å²) < 4.78 is 0. The Morgan fingerprint density at radius 2 is 2.19 bits per heavy atom. The topological polar surface area (TPSA) is 0 Å². The Kier molecular flexibility index (Phi) is 3.06. The zero-order valence-corrected chi connectivity index (χ0v) is 18.0. The second-order valence-corrected chi connectivity index (χ2v) is 11.5. The number of fused-ring (bicyclic) bond motifs is 1. The molecule has 142 valence electrons. The summed E-state index contributed by atoms with van der Waals surface area (Å²) in [5.74, 6) is 6.42. The standard InChI is InChI=1S/C26H32S/c1-6-7-9-15(2)24(5,21-10-8-11-27-21)16(3)12-18-13-19-17(4)22-25-14-20(25)23(25)26(18,19)22/h6-11,17-20,22-23H,3,12-14H2,1-2,4-5H3/b7-6-,15-9+. The molecule has 27 heavy (non-hydrogen) atoms. The molecule has 6 rings (SSSR count). The highest BCUT2D eigenvalue weighted by Crippen LogP contribution is 3.07. The van der Waals surface area contributed by atoms with Gasteiger partial charge in [-0.2, -0.15) is 0 Å². The fourth-order valence-corrected chi connectivity index (χ4v) is 9.81. The Bertz CT molecular complexity index is 883. The summed E-state index contributed by atoms with van der Waals surface area (Å²) in [6.45, 7) is 14.1. The molecule has 0 aliphatic heterocycles. The second kappa shape index (κ2) is 4.90. The SMILES string of the molecule is C=C(CC1CC2C(C)C3C45CC4C5C123)C(C)(/C(C)=C/C=C\C)c1cccs1. The van der Waals surface area contributed by atoms with E-state index in [1.807, 2.05) is 11.3 Å². The lowest BCUT2D eigenvalue weighted by Gasteiger charge is -2.81. The lowest BCUT2D eigenvalue weighted by molar-refractivity contribution is -0.340. The van der Waals surface area contributed by atoms with Gasteiger partial charge in [0, 0.05) is 10.3 Å². The Hall–Kier alpha value is -1.08. The van der Waals surface area contributed by atoms with Crippen molar-refractivity contribution in [2.75, 3.05) is 0 Å². The minimum atomic E-state index is -0.0197. The Balaban J connectivity index is 1.28. The summed E-state index contributed by atoms with van der Waals surface area (Å²) in [7, 11) is 0. The van der Waals surface area contributed by atoms with Crippen molar-refractivity contribution in [3.8, 4) is 0 Å². The number of thiophene rings is 1. The highest BCUT2D eigenvalue weighted by Gasteiger charge is 3.03. The van der Waals surface area contributed by atoms with Crippen LogP contribution in [-0.4, -0.2) is 0 Å². The van der Waals surface area contributed by atoms with Gasteiger partial charge in [-0.3, -0.25) is 0 Å². The summed E-state index contributed by atoms with van der Waals surface area (Å²) in [6, 6.07) is 4.51. The maximum absolute atomic E-state index is 4.73. The van der Waals surface area contributed by atoms with Gasteiger partial charge in [-0.15, -0.1) is 11.3 Å². The Labute approximate surface area is 168 Å². The van der Waals surface area contributed by atoms with Gasteiger partial charge in [0.05, 0.1) is 0 Å². The van der Waals surface area contributed by atoms with Crippen LogP contribution in [0, 0.1) is 46.3 Å². The van der Waals surface area contributed by atoms with Crippen LogP contribution in [0.15, 0.2) is 53.5 Å². The molecule has 0 aromatic carbocycles. The maximum atomic E-state index is 4.73. The molecule has 0 amide bonds. The van der Waals surface area contributed by atoms with Gasteiger partial charge in [-0.1, -0.05) is 48.9 Å². The molecule has 5 aliphatic carbocycles. The number of allylic oxidation sites excluding steroid dienone is 5. The van der Waals surface area contributed by atoms with Gasteiger partial charge in [-0.25, -0.2) is 0 Å². The predicted molar refractivity (Wildman–Crippen MR) is 115 cm³/mol. The molecule has 0 N–H and O–H groups in total. The molecule has 5 fully saturated rings. The minimum Gasteiger partial charge on any atom is -0.148 e. The summed E-state index contributed by atoms with van der Waals surface area (Å²) in [5.41, 5.74) is 4.54. The molecule has 0 saturated heterocycles. The van der Waals surface area contributed by atoms with Crippen molar-refractivity contribution in [1.82, 2.24) is 0 Å². The van der Waals surface area contributed by atoms with Crippen LogP contribution in [0.3, 0.4) is 0 Å². The quantitative estimate of drug-likeness (QED) is 0.370. The Morgan fingerprint density at radius 3 is 2.85 bits per heavy atom. The molecule has 5 saturated carbocycles. The van der Waals surface area contributed by atoms with E-state index in [0.29, 0.717) is 0 Å². The van der Waals surface area contributed by atoms with Crippen molar-refractivity contribution >= 4 is 11.3 Å². The molecule has 0 radical (unpaired) electrons. The Morgan fingerprint density at radius 1 is 1.37 bits per heavy atom. The monoisotopic (exact) mass is 376 g/mol. The third-order valence-corrected chi connectivity index (χ3v) is 11.3. The van der Waals surface area contributed by atoms with E-state index in [1.54, 1.807) is 6.42 Å². The molecule has 0 nitrogen and oxygen atoms in total. The van der Waals surface area contributed by atoms with Gasteiger partial charge >= 0.3 is 0 Å². The van der Waals surface area contributed by atoms with Gasteiger partial charge in [0.15, 0.2) is 0 Å². The van der Waals surface area contributed by atoms with Crippen LogP contribution in [0.2, 0.25) is 0 Å². The number of hydrogen-bond donors (Lipinski definition) is 0. The summed E-state index contributed by atoms with van der Waals surface area (Å²) in [6.07, 6.45) is 10.9. The van der Waals surface area contributed by atoms with Crippen LogP contribution >= 0.6 is 11.3 Å². The molecule has 0 bridgehead atoms. The summed E-state index contributed by atoms with van der Waals surface area (Å²) in [5, 5.41) is 2.22. The maximum Gasteiger partial charge on any atom is 0.0434 e. The first-order chi connectivity index (χ1) is 12.9. The molecule has 1 heterocycles. The van der Waals surface area contributed by atoms with E-state index in [1.165, 1.54) is 28.9 Å². The minimum absolute atomic E-state index is 0.0197. The fourth-order valence-electron chi connectivity index (χ4n) is 8.81. The molecule has 2 spiro atoms. The van der Waals surface area contributed by atoms with E-state index in [-0.39, 0.29) is 5.41 Å². The number of hydrogen-bond acceptors (Lipinski definition) is 1. The molecule has 1 heteroatoms. The van der Waals surface area contributed by atoms with E-state index in [9.17, 15) is 0 Å². The van der Waals surface area contributed by atoms with Crippen LogP contribution in [-0.2, 0) is 5.41 Å². The van der Waals surface area contributed by atoms with Crippen molar-refractivity contribution in [2.45, 2.75) is 52.4 Å². The van der Waals surface area contributed by atoms with Crippen LogP contribution in [0.5, 0.6) is 0 Å². The lowest BCUT2D eigenvalue weighted by atomic mass is 9.23. The first-order valence-electron chi connectivity index (χ1n) is 11.0. The van der Waals surface area contributed by atoms with Gasteiger partial charge in [0.1, 0.15) is 0 Å². The molecule has 9 atom stereocenters. The van der Waals surface area contributed by atoms with Gasteiger partial charge in [0.25, 0.3) is 0 Å². The van der Waals surface area contributed by atoms with E-state index in [0.717, 1.165) is 46.3 Å². The van der Waals surface area contributed by atoms with Crippen LogP contribution < -0.4 is 0 Å². The fraction of sp³-hybridized carbons (Fsp3) is 0.615. The van der Waals surface area contributed by atoms with Crippen molar-refractivity contribution in [1.29, 1.82) is 0 Å². The first-order valence-corrected chi connectivity index (χ1v) is 11.8. The molecule has 5 aliphatic rings. The third kappa shape index (κ3) is 1.58. The smallest absolute Gasteiger partial charge is 0.0434 e. The third-order valence-electron chi connectivity index (χ3n) is 10.2.